The van der Waals surface area contributed by atoms with E-state index in [1.807, 2.05) is 6.07 Å². The van der Waals surface area contributed by atoms with Crippen molar-refractivity contribution in [1.82, 2.24) is 0 Å². The molecule has 3 rings (SSSR count). The third-order valence-electron chi connectivity index (χ3n) is 3.48. The molecule has 0 spiro atoms. The Morgan fingerprint density at radius 2 is 1.94 bits per heavy atom. The van der Waals surface area contributed by atoms with Gasteiger partial charge in [-0.2, -0.15) is 0 Å². The molecule has 1 aromatic heterocycles. The van der Waals surface area contributed by atoms with Gasteiger partial charge in [0.2, 0.25) is 0 Å². The zero-order valence-electron chi connectivity index (χ0n) is 9.98. The average molecular weight is 258 g/mol. The predicted molar refractivity (Wildman–Crippen MR) is 73.4 cm³/mol. The van der Waals surface area contributed by atoms with Crippen LogP contribution in [0, 0.1) is 0 Å². The number of benzene rings is 1. The SMILES string of the molecule is O=C(O)c1ccc(-c2cccc3c2CCCC3)s1. The van der Waals surface area contributed by atoms with Crippen molar-refractivity contribution in [3.05, 3.63) is 46.3 Å². The van der Waals surface area contributed by atoms with E-state index in [1.165, 1.54) is 40.9 Å². The first-order valence-electron chi connectivity index (χ1n) is 6.20. The van der Waals surface area contributed by atoms with Crippen molar-refractivity contribution >= 4 is 17.3 Å². The first kappa shape index (κ1) is 11.5. The number of aryl methyl sites for hydroxylation is 1. The van der Waals surface area contributed by atoms with Crippen LogP contribution in [0.25, 0.3) is 10.4 Å². The van der Waals surface area contributed by atoms with Gasteiger partial charge in [-0.05, 0) is 54.5 Å². The molecular weight excluding hydrogens is 244 g/mol. The van der Waals surface area contributed by atoms with E-state index >= 15 is 0 Å². The highest BCUT2D eigenvalue weighted by molar-refractivity contribution is 7.17. The smallest absolute Gasteiger partial charge is 0.345 e. The van der Waals surface area contributed by atoms with Crippen LogP contribution >= 0.6 is 11.3 Å². The molecule has 1 N–H and O–H groups in total. The highest BCUT2D eigenvalue weighted by atomic mass is 32.1. The van der Waals surface area contributed by atoms with E-state index < -0.39 is 5.97 Å². The minimum absolute atomic E-state index is 0.415. The minimum atomic E-state index is -0.837. The zero-order chi connectivity index (χ0) is 12.5. The van der Waals surface area contributed by atoms with Crippen molar-refractivity contribution in [2.24, 2.45) is 0 Å². The van der Waals surface area contributed by atoms with Gasteiger partial charge in [-0.3, -0.25) is 0 Å². The fraction of sp³-hybridized carbons (Fsp3) is 0.267. The molecule has 1 aromatic carbocycles. The Kier molecular flexibility index (Phi) is 2.92. The summed E-state index contributed by atoms with van der Waals surface area (Å²) in [6.45, 7) is 0. The molecule has 0 unspecified atom stereocenters. The molecule has 1 heterocycles. The van der Waals surface area contributed by atoms with Crippen LogP contribution in [0.2, 0.25) is 0 Å². The Labute approximate surface area is 110 Å². The van der Waals surface area contributed by atoms with Gasteiger partial charge < -0.3 is 5.11 Å². The summed E-state index contributed by atoms with van der Waals surface area (Å²) in [6, 6.07) is 10.0. The summed E-state index contributed by atoms with van der Waals surface area (Å²) in [5, 5.41) is 8.99. The van der Waals surface area contributed by atoms with Gasteiger partial charge in [0.25, 0.3) is 0 Å². The maximum absolute atomic E-state index is 10.9. The molecular formula is C15H14O2S. The van der Waals surface area contributed by atoms with Gasteiger partial charge in [0.15, 0.2) is 0 Å². The van der Waals surface area contributed by atoms with Crippen molar-refractivity contribution in [3.8, 4) is 10.4 Å². The Balaban J connectivity index is 2.08. The molecule has 0 saturated carbocycles. The van der Waals surface area contributed by atoms with E-state index in [2.05, 4.69) is 18.2 Å². The third-order valence-corrected chi connectivity index (χ3v) is 4.58. The topological polar surface area (TPSA) is 37.3 Å². The van der Waals surface area contributed by atoms with E-state index in [9.17, 15) is 4.79 Å². The van der Waals surface area contributed by atoms with Gasteiger partial charge in [0.05, 0.1) is 0 Å². The Hall–Kier alpha value is -1.61. The normalized spacial score (nSPS) is 14.2. The molecule has 92 valence electrons. The van der Waals surface area contributed by atoms with E-state index in [0.717, 1.165) is 17.7 Å². The van der Waals surface area contributed by atoms with E-state index in [1.54, 1.807) is 6.07 Å². The molecule has 0 aliphatic heterocycles. The van der Waals surface area contributed by atoms with E-state index in [0.29, 0.717) is 4.88 Å². The molecule has 1 aliphatic rings. The lowest BCUT2D eigenvalue weighted by Gasteiger charge is -2.18. The summed E-state index contributed by atoms with van der Waals surface area (Å²) in [6.07, 6.45) is 4.77. The molecule has 18 heavy (non-hydrogen) atoms. The lowest BCUT2D eigenvalue weighted by atomic mass is 9.88. The number of carboxylic acids is 1. The van der Waals surface area contributed by atoms with Crippen LogP contribution in [-0.4, -0.2) is 11.1 Å². The largest absolute Gasteiger partial charge is 0.477 e. The fourth-order valence-corrected chi connectivity index (χ4v) is 3.51. The van der Waals surface area contributed by atoms with Crippen LogP contribution in [0.3, 0.4) is 0 Å². The maximum Gasteiger partial charge on any atom is 0.345 e. The van der Waals surface area contributed by atoms with Crippen LogP contribution < -0.4 is 0 Å². The summed E-state index contributed by atoms with van der Waals surface area (Å²) in [5.74, 6) is -0.837. The number of thiophene rings is 1. The number of carboxylic acid groups (broad SMARTS) is 1. The molecule has 0 saturated heterocycles. The Bertz CT molecular complexity index is 598. The van der Waals surface area contributed by atoms with Crippen LogP contribution in [0.15, 0.2) is 30.3 Å². The highest BCUT2D eigenvalue weighted by Gasteiger charge is 2.16. The Morgan fingerprint density at radius 1 is 1.11 bits per heavy atom. The number of hydrogen-bond donors (Lipinski definition) is 1. The van der Waals surface area contributed by atoms with Crippen molar-refractivity contribution < 1.29 is 9.90 Å². The predicted octanol–water partition coefficient (Wildman–Crippen LogP) is 3.99. The molecule has 0 fully saturated rings. The van der Waals surface area contributed by atoms with E-state index in [-0.39, 0.29) is 0 Å². The number of hydrogen-bond acceptors (Lipinski definition) is 2. The van der Waals surface area contributed by atoms with Gasteiger partial charge >= 0.3 is 5.97 Å². The van der Waals surface area contributed by atoms with Crippen molar-refractivity contribution in [3.63, 3.8) is 0 Å². The second-order valence-electron chi connectivity index (χ2n) is 4.62. The summed E-state index contributed by atoms with van der Waals surface area (Å²) >= 11 is 1.37. The maximum atomic E-state index is 10.9. The molecule has 0 atom stereocenters. The summed E-state index contributed by atoms with van der Waals surface area (Å²) in [7, 11) is 0. The minimum Gasteiger partial charge on any atom is -0.477 e. The third kappa shape index (κ3) is 1.95. The molecule has 0 radical (unpaired) electrons. The zero-order valence-corrected chi connectivity index (χ0v) is 10.8. The molecule has 2 nitrogen and oxygen atoms in total. The van der Waals surface area contributed by atoms with Gasteiger partial charge in [-0.25, -0.2) is 4.79 Å². The second-order valence-corrected chi connectivity index (χ2v) is 5.70. The van der Waals surface area contributed by atoms with Gasteiger partial charge in [0, 0.05) is 4.88 Å². The molecule has 3 heteroatoms. The number of aromatic carboxylic acids is 1. The van der Waals surface area contributed by atoms with Gasteiger partial charge in [-0.15, -0.1) is 11.3 Å². The first-order chi connectivity index (χ1) is 8.75. The quantitative estimate of drug-likeness (QED) is 0.884. The number of rotatable bonds is 2. The monoisotopic (exact) mass is 258 g/mol. The van der Waals surface area contributed by atoms with Crippen molar-refractivity contribution in [2.75, 3.05) is 0 Å². The van der Waals surface area contributed by atoms with Gasteiger partial charge in [-0.1, -0.05) is 18.2 Å². The number of fused-ring (bicyclic) bond motifs is 1. The van der Waals surface area contributed by atoms with E-state index in [4.69, 9.17) is 5.11 Å². The average Bonchev–Trinajstić information content (AvgIpc) is 2.87. The van der Waals surface area contributed by atoms with Crippen LogP contribution in [-0.2, 0) is 12.8 Å². The van der Waals surface area contributed by atoms with Crippen LogP contribution in [0.5, 0.6) is 0 Å². The second kappa shape index (κ2) is 4.58. The molecule has 2 aromatic rings. The van der Waals surface area contributed by atoms with Crippen molar-refractivity contribution in [1.29, 1.82) is 0 Å². The number of carbonyl (C=O) groups is 1. The first-order valence-corrected chi connectivity index (χ1v) is 7.01. The molecule has 1 aliphatic carbocycles. The van der Waals surface area contributed by atoms with Crippen LogP contribution in [0.1, 0.15) is 33.6 Å². The van der Waals surface area contributed by atoms with Gasteiger partial charge in [0.1, 0.15) is 4.88 Å². The lowest BCUT2D eigenvalue weighted by Crippen LogP contribution is -2.03. The fourth-order valence-electron chi connectivity index (χ4n) is 2.61. The lowest BCUT2D eigenvalue weighted by molar-refractivity contribution is 0.0702. The standard InChI is InChI=1S/C15H14O2S/c16-15(17)14-9-8-13(18-14)12-7-3-5-10-4-1-2-6-11(10)12/h3,5,7-9H,1-2,4,6H2,(H,16,17). The van der Waals surface area contributed by atoms with Crippen LogP contribution in [0.4, 0.5) is 0 Å². The van der Waals surface area contributed by atoms with Crippen molar-refractivity contribution in [2.45, 2.75) is 25.7 Å². The summed E-state index contributed by atoms with van der Waals surface area (Å²) in [4.78, 5) is 12.4. The summed E-state index contributed by atoms with van der Waals surface area (Å²) in [5.41, 5.74) is 4.08. The Morgan fingerprint density at radius 3 is 2.72 bits per heavy atom. The molecule has 0 bridgehead atoms. The molecule has 0 amide bonds. The summed E-state index contributed by atoms with van der Waals surface area (Å²) < 4.78 is 0. The highest BCUT2D eigenvalue weighted by Crippen LogP contribution is 2.35.